The lowest BCUT2D eigenvalue weighted by Gasteiger charge is -2.34. The summed E-state index contributed by atoms with van der Waals surface area (Å²) >= 11 is 0. The number of likely N-dealkylation sites (N-methyl/N-ethyl adjacent to an activating group) is 1. The van der Waals surface area contributed by atoms with Crippen LogP contribution in [0.3, 0.4) is 0 Å². The molecule has 0 atom stereocenters. The Morgan fingerprint density at radius 1 is 0.917 bits per heavy atom. The normalized spacial score (nSPS) is 15.8. The first kappa shape index (κ1) is 15.1. The molecule has 0 amide bonds. The van der Waals surface area contributed by atoms with Gasteiger partial charge in [-0.3, -0.25) is 9.97 Å². The molecule has 2 aromatic heterocycles. The van der Waals surface area contributed by atoms with E-state index in [4.69, 9.17) is 0 Å². The first-order chi connectivity index (χ1) is 11.8. The minimum atomic E-state index is 0.910. The van der Waals surface area contributed by atoms with Crippen LogP contribution in [-0.2, 0) is 6.42 Å². The molecular formula is C20H22N4. The Balaban J connectivity index is 1.53. The van der Waals surface area contributed by atoms with Gasteiger partial charge in [-0.05, 0) is 48.9 Å². The third-order valence-corrected chi connectivity index (χ3v) is 4.83. The standard InChI is InChI=1S/C20H22N4/c1-23-10-12-24(13-11-23)18-4-2-16(3-5-18)14-17-6-9-22-20-7-8-21-15-19(17)20/h2-9,15H,10-14H2,1H3. The number of rotatable bonds is 3. The SMILES string of the molecule is CN1CCN(c2ccc(Cc3ccnc4ccncc34)cc2)CC1. The van der Waals surface area contributed by atoms with Crippen LogP contribution in [0.1, 0.15) is 11.1 Å². The second kappa shape index (κ2) is 6.57. The molecule has 0 aliphatic carbocycles. The number of piperazine rings is 1. The highest BCUT2D eigenvalue weighted by Gasteiger charge is 2.14. The van der Waals surface area contributed by atoms with Crippen molar-refractivity contribution in [3.63, 3.8) is 0 Å². The third kappa shape index (κ3) is 3.10. The fourth-order valence-electron chi connectivity index (χ4n) is 3.31. The molecule has 1 aliphatic heterocycles. The molecule has 0 N–H and O–H groups in total. The van der Waals surface area contributed by atoms with Crippen molar-refractivity contribution in [2.75, 3.05) is 38.1 Å². The molecule has 122 valence electrons. The predicted octanol–water partition coefficient (Wildman–Crippen LogP) is 2.97. The lowest BCUT2D eigenvalue weighted by Crippen LogP contribution is -2.44. The van der Waals surface area contributed by atoms with E-state index in [0.717, 1.165) is 43.5 Å². The van der Waals surface area contributed by atoms with Gasteiger partial charge in [0, 0.05) is 55.8 Å². The second-order valence-corrected chi connectivity index (χ2v) is 6.50. The molecule has 4 rings (SSSR count). The van der Waals surface area contributed by atoms with Crippen molar-refractivity contribution in [3.8, 4) is 0 Å². The van der Waals surface area contributed by atoms with E-state index in [1.54, 1.807) is 6.20 Å². The molecule has 0 spiro atoms. The summed E-state index contributed by atoms with van der Waals surface area (Å²) in [5.41, 5.74) is 4.94. The summed E-state index contributed by atoms with van der Waals surface area (Å²) in [4.78, 5) is 13.5. The highest BCUT2D eigenvalue weighted by molar-refractivity contribution is 5.81. The number of hydrogen-bond acceptors (Lipinski definition) is 4. The van der Waals surface area contributed by atoms with Crippen molar-refractivity contribution in [1.82, 2.24) is 14.9 Å². The van der Waals surface area contributed by atoms with Gasteiger partial charge in [-0.2, -0.15) is 0 Å². The van der Waals surface area contributed by atoms with Crippen LogP contribution < -0.4 is 4.90 Å². The fourth-order valence-corrected chi connectivity index (χ4v) is 3.31. The van der Waals surface area contributed by atoms with Gasteiger partial charge < -0.3 is 9.80 Å². The molecule has 1 aromatic carbocycles. The van der Waals surface area contributed by atoms with Gasteiger partial charge in [0.25, 0.3) is 0 Å². The van der Waals surface area contributed by atoms with Crippen molar-refractivity contribution in [2.24, 2.45) is 0 Å². The molecule has 4 nitrogen and oxygen atoms in total. The molecule has 1 fully saturated rings. The van der Waals surface area contributed by atoms with E-state index in [1.165, 1.54) is 16.8 Å². The maximum Gasteiger partial charge on any atom is 0.0735 e. The number of aromatic nitrogens is 2. The first-order valence-electron chi connectivity index (χ1n) is 8.50. The minimum absolute atomic E-state index is 0.910. The molecule has 1 saturated heterocycles. The van der Waals surface area contributed by atoms with Gasteiger partial charge >= 0.3 is 0 Å². The zero-order chi connectivity index (χ0) is 16.4. The quantitative estimate of drug-likeness (QED) is 0.743. The van der Waals surface area contributed by atoms with Gasteiger partial charge in [-0.15, -0.1) is 0 Å². The summed E-state index contributed by atoms with van der Waals surface area (Å²) in [6, 6.07) is 13.1. The molecule has 4 heteroatoms. The Kier molecular flexibility index (Phi) is 4.13. The Hall–Kier alpha value is -2.46. The van der Waals surface area contributed by atoms with Crippen LogP contribution in [0.25, 0.3) is 10.9 Å². The first-order valence-corrected chi connectivity index (χ1v) is 8.50. The summed E-state index contributed by atoms with van der Waals surface area (Å²) < 4.78 is 0. The Bertz CT molecular complexity index is 815. The van der Waals surface area contributed by atoms with Crippen LogP contribution in [0.5, 0.6) is 0 Å². The third-order valence-electron chi connectivity index (χ3n) is 4.83. The summed E-state index contributed by atoms with van der Waals surface area (Å²) in [6.07, 6.45) is 6.50. The highest BCUT2D eigenvalue weighted by Crippen LogP contribution is 2.21. The lowest BCUT2D eigenvalue weighted by atomic mass is 10.0. The zero-order valence-corrected chi connectivity index (χ0v) is 14.0. The van der Waals surface area contributed by atoms with Gasteiger partial charge in [0.05, 0.1) is 5.52 Å². The van der Waals surface area contributed by atoms with E-state index in [-0.39, 0.29) is 0 Å². The number of anilines is 1. The van der Waals surface area contributed by atoms with E-state index in [1.807, 2.05) is 18.5 Å². The van der Waals surface area contributed by atoms with Crippen LogP contribution in [-0.4, -0.2) is 48.1 Å². The summed E-state index contributed by atoms with van der Waals surface area (Å²) in [7, 11) is 2.19. The van der Waals surface area contributed by atoms with Crippen molar-refractivity contribution in [2.45, 2.75) is 6.42 Å². The van der Waals surface area contributed by atoms with Gasteiger partial charge in [-0.25, -0.2) is 0 Å². The van der Waals surface area contributed by atoms with Gasteiger partial charge in [-0.1, -0.05) is 12.1 Å². The maximum atomic E-state index is 4.41. The minimum Gasteiger partial charge on any atom is -0.369 e. The summed E-state index contributed by atoms with van der Waals surface area (Å²) in [5, 5.41) is 1.14. The van der Waals surface area contributed by atoms with Crippen LogP contribution >= 0.6 is 0 Å². The molecule has 0 unspecified atom stereocenters. The van der Waals surface area contributed by atoms with E-state index in [2.05, 4.69) is 57.1 Å². The van der Waals surface area contributed by atoms with Crippen LogP contribution in [0, 0.1) is 0 Å². The van der Waals surface area contributed by atoms with Gasteiger partial charge in [0.1, 0.15) is 0 Å². The van der Waals surface area contributed by atoms with Gasteiger partial charge in [0.15, 0.2) is 0 Å². The molecule has 0 radical (unpaired) electrons. The molecule has 3 aromatic rings. The molecule has 24 heavy (non-hydrogen) atoms. The largest absolute Gasteiger partial charge is 0.369 e. The zero-order valence-electron chi connectivity index (χ0n) is 14.0. The van der Waals surface area contributed by atoms with Gasteiger partial charge in [0.2, 0.25) is 0 Å². The highest BCUT2D eigenvalue weighted by atomic mass is 15.2. The van der Waals surface area contributed by atoms with Crippen LogP contribution in [0.4, 0.5) is 5.69 Å². The summed E-state index contributed by atoms with van der Waals surface area (Å²) in [6.45, 7) is 4.49. The van der Waals surface area contributed by atoms with Crippen molar-refractivity contribution in [1.29, 1.82) is 0 Å². The molecule has 1 aliphatic rings. The Morgan fingerprint density at radius 3 is 2.50 bits per heavy atom. The smallest absolute Gasteiger partial charge is 0.0735 e. The Morgan fingerprint density at radius 2 is 1.71 bits per heavy atom. The molecular weight excluding hydrogens is 296 g/mol. The number of benzene rings is 1. The molecule has 0 saturated carbocycles. The second-order valence-electron chi connectivity index (χ2n) is 6.50. The topological polar surface area (TPSA) is 32.3 Å². The molecule has 0 bridgehead atoms. The number of fused-ring (bicyclic) bond motifs is 1. The van der Waals surface area contributed by atoms with E-state index in [9.17, 15) is 0 Å². The van der Waals surface area contributed by atoms with E-state index >= 15 is 0 Å². The van der Waals surface area contributed by atoms with Crippen molar-refractivity contribution < 1.29 is 0 Å². The fraction of sp³-hybridized carbons (Fsp3) is 0.300. The average Bonchev–Trinajstić information content (AvgIpc) is 2.63. The number of nitrogens with zero attached hydrogens (tertiary/aromatic N) is 4. The van der Waals surface area contributed by atoms with E-state index in [0.29, 0.717) is 0 Å². The average molecular weight is 318 g/mol. The van der Waals surface area contributed by atoms with Crippen molar-refractivity contribution >= 4 is 16.6 Å². The Labute approximate surface area is 142 Å². The van der Waals surface area contributed by atoms with Crippen molar-refractivity contribution in [3.05, 3.63) is 66.1 Å². The van der Waals surface area contributed by atoms with Crippen LogP contribution in [0.2, 0.25) is 0 Å². The number of pyridine rings is 2. The lowest BCUT2D eigenvalue weighted by molar-refractivity contribution is 0.313. The molecule has 3 heterocycles. The number of hydrogen-bond donors (Lipinski definition) is 0. The monoisotopic (exact) mass is 318 g/mol. The van der Waals surface area contributed by atoms with Crippen LogP contribution in [0.15, 0.2) is 55.0 Å². The maximum absolute atomic E-state index is 4.41. The predicted molar refractivity (Wildman–Crippen MR) is 98.5 cm³/mol. The summed E-state index contributed by atoms with van der Waals surface area (Å²) in [5.74, 6) is 0. The van der Waals surface area contributed by atoms with E-state index < -0.39 is 0 Å².